The van der Waals surface area contributed by atoms with Gasteiger partial charge in [0, 0.05) is 30.8 Å². The summed E-state index contributed by atoms with van der Waals surface area (Å²) in [7, 11) is 2.56. The standard InChI is InChI=1S/C44H59N9O7/c1-8-29(19-21-60-26-45)24-52(41(54)38(27(2)3)50-43(56)58-6)25-37-47-33-18-15-31(22-34(33)48-37)12-11-30-13-16-32(17-14-30)35-23-46-40(49-35)36-10-9-20-53(36)42(55)39(28(4)5)51-44(57)59-7/h13-18,22-23,27-29,36,38-39H,8-10,19-21,24-26,45H2,1-7H3,(H,46,49)(H,47,48)(H,50,56)(H,51,57)/t29-,36+,38+,39+/m1/s1. The number of H-pyrrole nitrogens is 2. The summed E-state index contributed by atoms with van der Waals surface area (Å²) in [5.41, 5.74) is 10.4. The van der Waals surface area contributed by atoms with Crippen LogP contribution in [0.3, 0.4) is 0 Å². The van der Waals surface area contributed by atoms with Gasteiger partial charge in [-0.05, 0) is 72.9 Å². The number of methoxy groups -OCH3 is 2. The second kappa shape index (κ2) is 21.4. The van der Waals surface area contributed by atoms with Crippen molar-refractivity contribution >= 4 is 35.0 Å². The van der Waals surface area contributed by atoms with Crippen LogP contribution in [0.5, 0.6) is 0 Å². The van der Waals surface area contributed by atoms with Crippen LogP contribution in [0, 0.1) is 29.6 Å². The zero-order chi connectivity index (χ0) is 43.3. The number of benzene rings is 2. The average molecular weight is 826 g/mol. The molecule has 1 saturated heterocycles. The Balaban J connectivity index is 1.28. The molecule has 4 atom stereocenters. The molecule has 322 valence electrons. The Morgan fingerprint density at radius 3 is 2.27 bits per heavy atom. The van der Waals surface area contributed by atoms with Gasteiger partial charge in [0.05, 0.1) is 56.5 Å². The molecule has 6 N–H and O–H groups in total. The maximum atomic E-state index is 14.0. The highest BCUT2D eigenvalue weighted by Crippen LogP contribution is 2.33. The van der Waals surface area contributed by atoms with E-state index in [2.05, 4.69) is 44.4 Å². The van der Waals surface area contributed by atoms with Crippen molar-refractivity contribution in [1.29, 1.82) is 0 Å². The summed E-state index contributed by atoms with van der Waals surface area (Å²) in [4.78, 5) is 71.4. The van der Waals surface area contributed by atoms with Crippen molar-refractivity contribution in [1.82, 2.24) is 40.4 Å². The number of ether oxygens (including phenoxy) is 3. The molecular formula is C44H59N9O7. The van der Waals surface area contributed by atoms with Crippen molar-refractivity contribution in [3.05, 3.63) is 71.4 Å². The van der Waals surface area contributed by atoms with Crippen molar-refractivity contribution in [3.63, 3.8) is 0 Å². The molecule has 60 heavy (non-hydrogen) atoms. The minimum atomic E-state index is -0.783. The van der Waals surface area contributed by atoms with Gasteiger partial charge in [-0.15, -0.1) is 0 Å². The Morgan fingerprint density at radius 2 is 1.62 bits per heavy atom. The predicted octanol–water partition coefficient (Wildman–Crippen LogP) is 5.46. The second-order valence-electron chi connectivity index (χ2n) is 15.7. The van der Waals surface area contributed by atoms with Gasteiger partial charge in [0.1, 0.15) is 23.7 Å². The maximum Gasteiger partial charge on any atom is 0.407 e. The molecule has 0 bridgehead atoms. The fourth-order valence-electron chi connectivity index (χ4n) is 7.32. The van der Waals surface area contributed by atoms with Gasteiger partial charge in [-0.3, -0.25) is 9.59 Å². The third-order valence-electron chi connectivity index (χ3n) is 10.8. The van der Waals surface area contributed by atoms with Crippen LogP contribution >= 0.6 is 0 Å². The lowest BCUT2D eigenvalue weighted by molar-refractivity contribution is -0.136. The van der Waals surface area contributed by atoms with Crippen LogP contribution in [-0.2, 0) is 30.3 Å². The highest BCUT2D eigenvalue weighted by atomic mass is 16.5. The number of imidazole rings is 2. The van der Waals surface area contributed by atoms with E-state index in [1.54, 1.807) is 16.0 Å². The SMILES string of the molecule is CC[C@H](CCOCN)CN(Cc1nc2ccc(C#Cc3ccc(-c4cnc([C@@H]5CCCN5C(=O)[C@@H](NC(=O)OC)C(C)C)[nH]4)cc3)cc2[nH]1)C(=O)[C@@H](NC(=O)OC)C(C)C. The van der Waals surface area contributed by atoms with Crippen LogP contribution < -0.4 is 16.4 Å². The summed E-state index contributed by atoms with van der Waals surface area (Å²) in [5, 5.41) is 5.39. The second-order valence-corrected chi connectivity index (χ2v) is 15.7. The van der Waals surface area contributed by atoms with E-state index in [4.69, 9.17) is 24.9 Å². The molecule has 16 nitrogen and oxygen atoms in total. The molecule has 0 radical (unpaired) electrons. The summed E-state index contributed by atoms with van der Waals surface area (Å²) < 4.78 is 15.0. The Hall–Kier alpha value is -5.92. The zero-order valence-corrected chi connectivity index (χ0v) is 35.7. The number of rotatable bonds is 17. The van der Waals surface area contributed by atoms with Crippen LogP contribution in [0.25, 0.3) is 22.3 Å². The van der Waals surface area contributed by atoms with Crippen molar-refractivity contribution in [2.75, 3.05) is 40.6 Å². The summed E-state index contributed by atoms with van der Waals surface area (Å²) in [6, 6.07) is 11.9. The van der Waals surface area contributed by atoms with Crippen LogP contribution in [0.2, 0.25) is 0 Å². The summed E-state index contributed by atoms with van der Waals surface area (Å²) in [6.07, 6.45) is 3.62. The number of nitrogens with two attached hydrogens (primary N) is 1. The first-order valence-corrected chi connectivity index (χ1v) is 20.6. The van der Waals surface area contributed by atoms with Gasteiger partial charge in [0.25, 0.3) is 0 Å². The summed E-state index contributed by atoms with van der Waals surface area (Å²) in [5.74, 6) is 7.28. The number of nitrogens with zero attached hydrogens (tertiary/aromatic N) is 4. The lowest BCUT2D eigenvalue weighted by Gasteiger charge is -2.31. The first-order valence-electron chi connectivity index (χ1n) is 20.6. The molecule has 2 aromatic heterocycles. The first-order chi connectivity index (χ1) is 28.8. The van der Waals surface area contributed by atoms with E-state index in [0.717, 1.165) is 59.1 Å². The Morgan fingerprint density at radius 1 is 0.950 bits per heavy atom. The van der Waals surface area contributed by atoms with Crippen LogP contribution in [0.1, 0.15) is 89.1 Å². The van der Waals surface area contributed by atoms with E-state index in [9.17, 15) is 19.2 Å². The molecule has 1 fully saturated rings. The normalized spacial score (nSPS) is 15.3. The number of carbonyl (C=O) groups is 4. The van der Waals surface area contributed by atoms with Crippen LogP contribution in [-0.4, -0.2) is 106 Å². The van der Waals surface area contributed by atoms with Gasteiger partial charge in [0.2, 0.25) is 11.8 Å². The quantitative estimate of drug-likeness (QED) is 0.0516. The molecule has 0 aliphatic carbocycles. The number of nitrogens with one attached hydrogen (secondary N) is 4. The van der Waals surface area contributed by atoms with Crippen molar-refractivity contribution in [2.24, 2.45) is 23.5 Å². The average Bonchev–Trinajstić information content (AvgIpc) is 4.02. The van der Waals surface area contributed by atoms with Crippen molar-refractivity contribution in [2.45, 2.75) is 85.0 Å². The molecule has 0 spiro atoms. The van der Waals surface area contributed by atoms with Gasteiger partial charge in [0.15, 0.2) is 0 Å². The van der Waals surface area contributed by atoms with E-state index in [1.165, 1.54) is 14.2 Å². The molecule has 5 rings (SSSR count). The largest absolute Gasteiger partial charge is 0.453 e. The Kier molecular flexibility index (Phi) is 16.1. The van der Waals surface area contributed by atoms with E-state index in [-0.39, 0.29) is 48.9 Å². The Bertz CT molecular complexity index is 2140. The minimum absolute atomic E-state index is 0.117. The highest BCUT2D eigenvalue weighted by molar-refractivity contribution is 5.87. The van der Waals surface area contributed by atoms with E-state index >= 15 is 0 Å². The smallest absolute Gasteiger partial charge is 0.407 e. The number of aromatic nitrogens is 4. The monoisotopic (exact) mass is 825 g/mol. The van der Waals surface area contributed by atoms with Gasteiger partial charge in [-0.2, -0.15) is 0 Å². The third kappa shape index (κ3) is 11.6. The van der Waals surface area contributed by atoms with Crippen molar-refractivity contribution < 1.29 is 33.4 Å². The molecule has 16 heteroatoms. The lowest BCUT2D eigenvalue weighted by Crippen LogP contribution is -2.52. The van der Waals surface area contributed by atoms with Gasteiger partial charge in [-0.25, -0.2) is 19.6 Å². The maximum absolute atomic E-state index is 14.0. The number of fused-ring (bicyclic) bond motifs is 1. The van der Waals surface area contributed by atoms with Gasteiger partial charge < -0.3 is 50.3 Å². The molecule has 0 unspecified atom stereocenters. The molecule has 1 aliphatic heterocycles. The zero-order valence-electron chi connectivity index (χ0n) is 35.7. The number of alkyl carbamates (subject to hydrolysis) is 2. The van der Waals surface area contributed by atoms with Crippen molar-refractivity contribution in [3.8, 4) is 23.1 Å². The van der Waals surface area contributed by atoms with E-state index in [1.807, 2.05) is 70.2 Å². The number of amides is 4. The molecular weight excluding hydrogens is 767 g/mol. The summed E-state index contributed by atoms with van der Waals surface area (Å²) >= 11 is 0. The van der Waals surface area contributed by atoms with Crippen LogP contribution in [0.15, 0.2) is 48.7 Å². The van der Waals surface area contributed by atoms with E-state index < -0.39 is 24.3 Å². The lowest BCUT2D eigenvalue weighted by atomic mass is 9.99. The minimum Gasteiger partial charge on any atom is -0.453 e. The fourth-order valence-corrected chi connectivity index (χ4v) is 7.32. The highest BCUT2D eigenvalue weighted by Gasteiger charge is 2.37. The number of likely N-dealkylation sites (tertiary alicyclic amines) is 1. The molecule has 1 aliphatic rings. The fraction of sp³-hybridized carbons (Fsp3) is 0.500. The molecule has 0 saturated carbocycles. The number of hydrogen-bond acceptors (Lipinski definition) is 10. The molecule has 4 aromatic rings. The molecule has 3 heterocycles. The van der Waals surface area contributed by atoms with Gasteiger partial charge >= 0.3 is 12.2 Å². The predicted molar refractivity (Wildman–Crippen MR) is 227 cm³/mol. The molecule has 2 aromatic carbocycles. The van der Waals surface area contributed by atoms with Crippen LogP contribution in [0.4, 0.5) is 9.59 Å². The van der Waals surface area contributed by atoms with E-state index in [0.29, 0.717) is 31.3 Å². The molecule has 4 amide bonds. The third-order valence-corrected chi connectivity index (χ3v) is 10.8. The number of hydrogen-bond donors (Lipinski definition) is 5. The first kappa shape index (κ1) is 45.2. The number of carbonyl (C=O) groups excluding carboxylic acids is 4. The van der Waals surface area contributed by atoms with Gasteiger partial charge in [-0.1, -0.05) is 65.0 Å². The summed E-state index contributed by atoms with van der Waals surface area (Å²) in [6.45, 7) is 11.5. The Labute approximate surface area is 351 Å². The number of aromatic amines is 2. The topological polar surface area (TPSA) is 210 Å².